The Morgan fingerprint density at radius 2 is 1.82 bits per heavy atom. The quantitative estimate of drug-likeness (QED) is 0.586. The maximum atomic E-state index is 13.6. The van der Waals surface area contributed by atoms with Crippen LogP contribution in [0.25, 0.3) is 22.6 Å². The lowest BCUT2D eigenvalue weighted by Gasteiger charge is -2.28. The molecule has 0 bridgehead atoms. The molecule has 2 aromatic carbocycles. The smallest absolute Gasteiger partial charge is 0.252 e. The number of allylic oxidation sites excluding steroid dienone is 1. The van der Waals surface area contributed by atoms with E-state index in [0.717, 1.165) is 84.0 Å². The van der Waals surface area contributed by atoms with Crippen LogP contribution in [0.1, 0.15) is 65.7 Å². The van der Waals surface area contributed by atoms with E-state index < -0.39 is 0 Å². The third kappa shape index (κ3) is 4.51. The van der Waals surface area contributed by atoms with Crippen LogP contribution in [0.3, 0.4) is 0 Å². The molecular formula is C28H30N2O3. The molecule has 0 aliphatic heterocycles. The maximum Gasteiger partial charge on any atom is 0.252 e. The number of nitrogens with zero attached hydrogens (tertiary/aromatic N) is 1. The zero-order valence-electron chi connectivity index (χ0n) is 19.0. The van der Waals surface area contributed by atoms with Gasteiger partial charge in [0.15, 0.2) is 0 Å². The second kappa shape index (κ2) is 9.36. The van der Waals surface area contributed by atoms with Gasteiger partial charge in [0, 0.05) is 11.4 Å². The number of methoxy groups -OCH3 is 1. The van der Waals surface area contributed by atoms with Gasteiger partial charge in [0.05, 0.1) is 30.0 Å². The molecule has 0 spiro atoms. The normalized spacial score (nSPS) is 21.6. The first-order chi connectivity index (χ1) is 16.1. The monoisotopic (exact) mass is 442 g/mol. The molecule has 5 heteroatoms. The highest BCUT2D eigenvalue weighted by Crippen LogP contribution is 2.36. The molecule has 1 fully saturated rings. The van der Waals surface area contributed by atoms with Gasteiger partial charge in [-0.05, 0) is 85.9 Å². The first kappa shape index (κ1) is 21.7. The number of aliphatic hydroxyl groups excluding tert-OH is 1. The van der Waals surface area contributed by atoms with Gasteiger partial charge in [-0.2, -0.15) is 0 Å². The Balaban J connectivity index is 1.55. The number of hydrogen-bond donors (Lipinski definition) is 2. The third-order valence-electron chi connectivity index (χ3n) is 6.89. The van der Waals surface area contributed by atoms with E-state index in [0.29, 0.717) is 0 Å². The van der Waals surface area contributed by atoms with Crippen molar-refractivity contribution in [1.82, 2.24) is 10.3 Å². The summed E-state index contributed by atoms with van der Waals surface area (Å²) in [6, 6.07) is 16.1. The summed E-state index contributed by atoms with van der Waals surface area (Å²) < 4.78 is 5.28. The molecule has 3 aromatic rings. The molecule has 170 valence electrons. The van der Waals surface area contributed by atoms with Gasteiger partial charge in [0.25, 0.3) is 5.91 Å². The van der Waals surface area contributed by atoms with Gasteiger partial charge in [0.2, 0.25) is 0 Å². The van der Waals surface area contributed by atoms with Crippen LogP contribution in [0.5, 0.6) is 5.75 Å². The summed E-state index contributed by atoms with van der Waals surface area (Å²) in [6.07, 6.45) is 7.85. The average Bonchev–Trinajstić information content (AvgIpc) is 2.84. The number of aromatic nitrogens is 1. The zero-order valence-corrected chi connectivity index (χ0v) is 19.0. The molecule has 5 rings (SSSR count). The van der Waals surface area contributed by atoms with Crippen molar-refractivity contribution < 1.29 is 14.6 Å². The van der Waals surface area contributed by atoms with E-state index in [-0.39, 0.29) is 18.1 Å². The Bertz CT molecular complexity index is 1190. The number of para-hydroxylation sites is 1. The topological polar surface area (TPSA) is 71.5 Å². The Morgan fingerprint density at radius 3 is 2.58 bits per heavy atom. The highest BCUT2D eigenvalue weighted by Gasteiger charge is 2.27. The van der Waals surface area contributed by atoms with Crippen LogP contribution in [0.15, 0.2) is 48.5 Å². The van der Waals surface area contributed by atoms with Gasteiger partial charge in [-0.15, -0.1) is 0 Å². The second-order valence-electron chi connectivity index (χ2n) is 9.11. The number of ether oxygens (including phenoxy) is 1. The van der Waals surface area contributed by atoms with Gasteiger partial charge in [-0.25, -0.2) is 4.98 Å². The van der Waals surface area contributed by atoms with E-state index >= 15 is 0 Å². The van der Waals surface area contributed by atoms with Gasteiger partial charge in [0.1, 0.15) is 5.75 Å². The minimum absolute atomic E-state index is 0.0167. The van der Waals surface area contributed by atoms with E-state index in [4.69, 9.17) is 9.72 Å². The van der Waals surface area contributed by atoms with Crippen molar-refractivity contribution in [2.75, 3.05) is 7.11 Å². The van der Waals surface area contributed by atoms with Crippen molar-refractivity contribution in [3.8, 4) is 5.75 Å². The summed E-state index contributed by atoms with van der Waals surface area (Å²) in [5.74, 6) is 0.816. The molecule has 5 nitrogen and oxygen atoms in total. The van der Waals surface area contributed by atoms with Crippen LogP contribution >= 0.6 is 0 Å². The van der Waals surface area contributed by atoms with Gasteiger partial charge < -0.3 is 15.2 Å². The molecule has 1 saturated carbocycles. The van der Waals surface area contributed by atoms with E-state index in [1.54, 1.807) is 7.11 Å². The van der Waals surface area contributed by atoms with Gasteiger partial charge in [-0.1, -0.05) is 30.3 Å². The molecule has 0 atom stereocenters. The van der Waals surface area contributed by atoms with E-state index in [1.165, 1.54) is 5.57 Å². The third-order valence-corrected chi connectivity index (χ3v) is 6.89. The molecular weight excluding hydrogens is 412 g/mol. The number of nitrogens with one attached hydrogen (secondary N) is 1. The fraction of sp³-hybridized carbons (Fsp3) is 0.357. The lowest BCUT2D eigenvalue weighted by molar-refractivity contribution is 0.0868. The number of amides is 1. The first-order valence-corrected chi connectivity index (χ1v) is 11.9. The summed E-state index contributed by atoms with van der Waals surface area (Å²) in [4.78, 5) is 18.6. The van der Waals surface area contributed by atoms with Crippen LogP contribution in [-0.2, 0) is 6.42 Å². The fourth-order valence-electron chi connectivity index (χ4n) is 5.11. The van der Waals surface area contributed by atoms with Crippen molar-refractivity contribution in [3.63, 3.8) is 0 Å². The van der Waals surface area contributed by atoms with Crippen LogP contribution in [-0.4, -0.2) is 35.3 Å². The van der Waals surface area contributed by atoms with E-state index in [9.17, 15) is 9.90 Å². The Hall–Kier alpha value is -3.18. The van der Waals surface area contributed by atoms with Crippen molar-refractivity contribution in [3.05, 3.63) is 70.9 Å². The molecule has 0 radical (unpaired) electrons. The van der Waals surface area contributed by atoms with Crippen molar-refractivity contribution >= 4 is 28.5 Å². The summed E-state index contributed by atoms with van der Waals surface area (Å²) >= 11 is 0. The highest BCUT2D eigenvalue weighted by atomic mass is 16.5. The second-order valence-corrected chi connectivity index (χ2v) is 9.11. The molecule has 2 N–H and O–H groups in total. The number of pyridine rings is 1. The van der Waals surface area contributed by atoms with Crippen LogP contribution in [0.2, 0.25) is 0 Å². The predicted molar refractivity (Wildman–Crippen MR) is 131 cm³/mol. The summed E-state index contributed by atoms with van der Waals surface area (Å²) in [5.41, 5.74) is 5.88. The maximum absolute atomic E-state index is 13.6. The number of aliphatic hydroxyl groups is 1. The Morgan fingerprint density at radius 1 is 1.06 bits per heavy atom. The zero-order chi connectivity index (χ0) is 22.8. The summed E-state index contributed by atoms with van der Waals surface area (Å²) in [7, 11) is 1.67. The Kier molecular flexibility index (Phi) is 6.14. The number of benzene rings is 2. The van der Waals surface area contributed by atoms with Crippen molar-refractivity contribution in [2.45, 2.75) is 57.1 Å². The molecule has 2 aliphatic rings. The largest absolute Gasteiger partial charge is 0.497 e. The standard InChI is InChI=1S/C28H30N2O3/c1-33-22-15-9-18(10-16-22)17-19-5-4-7-24-26(23-6-2-3-8-25(23)30-27(19)24)28(32)29-20-11-13-21(31)14-12-20/h2-3,6,8-10,15-17,20-21,31H,4-5,7,11-14H2,1H3,(H,29,32)/b19-17+. The average molecular weight is 443 g/mol. The summed E-state index contributed by atoms with van der Waals surface area (Å²) in [5, 5.41) is 14.0. The van der Waals surface area contributed by atoms with E-state index in [1.807, 2.05) is 48.5 Å². The van der Waals surface area contributed by atoms with Gasteiger partial charge in [-0.3, -0.25) is 4.79 Å². The predicted octanol–water partition coefficient (Wildman–Crippen LogP) is 5.15. The molecule has 0 saturated heterocycles. The van der Waals surface area contributed by atoms with Gasteiger partial charge >= 0.3 is 0 Å². The SMILES string of the molecule is COc1ccc(/C=C2\CCCc3c2nc2ccccc2c3C(=O)NC2CCC(O)CC2)cc1. The van der Waals surface area contributed by atoms with Crippen molar-refractivity contribution in [2.24, 2.45) is 0 Å². The summed E-state index contributed by atoms with van der Waals surface area (Å²) in [6.45, 7) is 0. The minimum atomic E-state index is -0.238. The minimum Gasteiger partial charge on any atom is -0.497 e. The lowest BCUT2D eigenvalue weighted by Crippen LogP contribution is -2.39. The number of carbonyl (C=O) groups is 1. The molecule has 1 amide bonds. The molecule has 2 aliphatic carbocycles. The van der Waals surface area contributed by atoms with Crippen LogP contribution in [0, 0.1) is 0 Å². The van der Waals surface area contributed by atoms with E-state index in [2.05, 4.69) is 11.4 Å². The van der Waals surface area contributed by atoms with Crippen molar-refractivity contribution in [1.29, 1.82) is 0 Å². The first-order valence-electron chi connectivity index (χ1n) is 11.9. The number of hydrogen-bond acceptors (Lipinski definition) is 4. The fourth-order valence-corrected chi connectivity index (χ4v) is 5.11. The Labute approximate surface area is 194 Å². The highest BCUT2D eigenvalue weighted by molar-refractivity contribution is 6.09. The number of rotatable bonds is 4. The molecule has 0 unspecified atom stereocenters. The van der Waals surface area contributed by atoms with Crippen LogP contribution < -0.4 is 10.1 Å². The molecule has 1 aromatic heterocycles. The number of fused-ring (bicyclic) bond motifs is 2. The molecule has 33 heavy (non-hydrogen) atoms. The van der Waals surface area contributed by atoms with Crippen LogP contribution in [0.4, 0.5) is 0 Å². The lowest BCUT2D eigenvalue weighted by atomic mass is 9.85. The molecule has 1 heterocycles. The number of carbonyl (C=O) groups excluding carboxylic acids is 1.